The predicted molar refractivity (Wildman–Crippen MR) is 84.3 cm³/mol. The van der Waals surface area contributed by atoms with Crippen molar-refractivity contribution in [1.82, 2.24) is 0 Å². The van der Waals surface area contributed by atoms with Crippen molar-refractivity contribution in [2.24, 2.45) is 0 Å². The van der Waals surface area contributed by atoms with Crippen LogP contribution in [0.3, 0.4) is 0 Å². The van der Waals surface area contributed by atoms with Crippen molar-refractivity contribution in [1.29, 1.82) is 0 Å². The Kier molecular flexibility index (Phi) is 3.66. The van der Waals surface area contributed by atoms with E-state index in [1.165, 1.54) is 24.9 Å². The Morgan fingerprint density at radius 1 is 1.19 bits per heavy atom. The van der Waals surface area contributed by atoms with Crippen LogP contribution in [0.2, 0.25) is 5.02 Å². The lowest BCUT2D eigenvalue weighted by Gasteiger charge is -2.05. The Morgan fingerprint density at radius 3 is 2.57 bits per heavy atom. The number of carbonyl (C=O) groups excluding carboxylic acids is 1. The Morgan fingerprint density at radius 2 is 1.90 bits per heavy atom. The smallest absolute Gasteiger partial charge is 0.204 e. The van der Waals surface area contributed by atoms with Crippen LogP contribution in [0.25, 0.3) is 6.08 Å². The molecule has 0 spiro atoms. The molecule has 0 aliphatic carbocycles. The fourth-order valence-electron chi connectivity index (χ4n) is 2.13. The number of phenols is 1. The maximum absolute atomic E-state index is 12.5. The highest BCUT2D eigenvalue weighted by atomic mass is 35.5. The molecule has 0 amide bonds. The zero-order valence-corrected chi connectivity index (χ0v) is 12.7. The summed E-state index contributed by atoms with van der Waals surface area (Å²) in [5, 5.41) is 10.6. The molecule has 0 radical (unpaired) electrons. The van der Waals surface area contributed by atoms with E-state index in [0.29, 0.717) is 26.1 Å². The minimum Gasteiger partial charge on any atom is -0.507 e. The molecule has 3 nitrogen and oxygen atoms in total. The topological polar surface area (TPSA) is 46.5 Å². The largest absolute Gasteiger partial charge is 0.507 e. The van der Waals surface area contributed by atoms with Crippen molar-refractivity contribution in [2.75, 3.05) is 7.11 Å². The fraction of sp³-hybridized carbons (Fsp3) is 0.0625. The summed E-state index contributed by atoms with van der Waals surface area (Å²) in [7, 11) is 1.51. The van der Waals surface area contributed by atoms with Gasteiger partial charge in [0, 0.05) is 5.02 Å². The number of allylic oxidation sites excluding steroid dienone is 1. The third kappa shape index (κ3) is 2.52. The molecule has 5 heteroatoms. The molecule has 1 heterocycles. The lowest BCUT2D eigenvalue weighted by Crippen LogP contribution is -1.98. The average Bonchev–Trinajstić information content (AvgIpc) is 2.81. The van der Waals surface area contributed by atoms with Crippen LogP contribution in [0.1, 0.15) is 15.9 Å². The highest BCUT2D eigenvalue weighted by molar-refractivity contribution is 8.05. The number of benzene rings is 2. The molecule has 1 N–H and O–H groups in total. The Hall–Kier alpha value is -1.91. The lowest BCUT2D eigenvalue weighted by atomic mass is 10.1. The molecule has 21 heavy (non-hydrogen) atoms. The van der Waals surface area contributed by atoms with Gasteiger partial charge in [0.2, 0.25) is 5.78 Å². The molecule has 2 aromatic rings. The number of methoxy groups -OCH3 is 1. The average molecular weight is 319 g/mol. The van der Waals surface area contributed by atoms with Gasteiger partial charge in [-0.05, 0) is 35.9 Å². The number of Topliss-reactive ketones (excluding diaryl/α,β-unsaturated/α-hetero) is 1. The molecule has 0 saturated carbocycles. The summed E-state index contributed by atoms with van der Waals surface area (Å²) < 4.78 is 5.21. The molecule has 0 saturated heterocycles. The number of phenolic OH excluding ortho intramolecular Hbond substituents is 1. The van der Waals surface area contributed by atoms with Crippen LogP contribution < -0.4 is 4.74 Å². The van der Waals surface area contributed by atoms with Crippen LogP contribution in [-0.4, -0.2) is 18.0 Å². The zero-order chi connectivity index (χ0) is 15.0. The molecule has 0 bridgehead atoms. The molecule has 0 aromatic heterocycles. The van der Waals surface area contributed by atoms with E-state index in [9.17, 15) is 9.90 Å². The summed E-state index contributed by atoms with van der Waals surface area (Å²) in [5.41, 5.74) is 1.30. The number of ketones is 1. The third-order valence-corrected chi connectivity index (χ3v) is 4.54. The molecular weight excluding hydrogens is 308 g/mol. The number of hydrogen-bond donors (Lipinski definition) is 1. The second-order valence-corrected chi connectivity index (χ2v) is 5.97. The minimum atomic E-state index is -0.141. The quantitative estimate of drug-likeness (QED) is 0.834. The highest BCUT2D eigenvalue weighted by Gasteiger charge is 2.31. The number of carbonyl (C=O) groups is 1. The van der Waals surface area contributed by atoms with Crippen LogP contribution in [0.5, 0.6) is 11.5 Å². The van der Waals surface area contributed by atoms with Gasteiger partial charge >= 0.3 is 0 Å². The van der Waals surface area contributed by atoms with Crippen LogP contribution in [0.4, 0.5) is 0 Å². The summed E-state index contributed by atoms with van der Waals surface area (Å²) in [6.07, 6.45) is 1.78. The number of halogens is 1. The Bertz CT molecular complexity index is 751. The Balaban J connectivity index is 2.04. The SMILES string of the molecule is COc1ccc(O)c2c1C(=O)/C(=C/c1ccc(Cl)cc1)S2. The molecule has 106 valence electrons. The number of thioether (sulfide) groups is 1. The summed E-state index contributed by atoms with van der Waals surface area (Å²) >= 11 is 7.10. The van der Waals surface area contributed by atoms with Crippen molar-refractivity contribution in [3.63, 3.8) is 0 Å². The first-order valence-electron chi connectivity index (χ1n) is 6.20. The molecule has 0 unspecified atom stereocenters. The van der Waals surface area contributed by atoms with Gasteiger partial charge in [0.1, 0.15) is 11.5 Å². The van der Waals surface area contributed by atoms with Gasteiger partial charge in [-0.15, -0.1) is 0 Å². The maximum Gasteiger partial charge on any atom is 0.204 e. The van der Waals surface area contributed by atoms with Crippen molar-refractivity contribution in [2.45, 2.75) is 4.90 Å². The van der Waals surface area contributed by atoms with E-state index < -0.39 is 0 Å². The van der Waals surface area contributed by atoms with Crippen LogP contribution in [0, 0.1) is 0 Å². The number of aromatic hydroxyl groups is 1. The highest BCUT2D eigenvalue weighted by Crippen LogP contribution is 2.49. The van der Waals surface area contributed by atoms with Crippen LogP contribution >= 0.6 is 23.4 Å². The number of hydrogen-bond acceptors (Lipinski definition) is 4. The minimum absolute atomic E-state index is 0.0867. The molecular formula is C16H11ClO3S. The molecule has 1 aliphatic heterocycles. The first kappa shape index (κ1) is 14.0. The van der Waals surface area contributed by atoms with Gasteiger partial charge in [0.25, 0.3) is 0 Å². The summed E-state index contributed by atoms with van der Waals surface area (Å²) in [6, 6.07) is 10.3. The van der Waals surface area contributed by atoms with Gasteiger partial charge < -0.3 is 9.84 Å². The van der Waals surface area contributed by atoms with E-state index >= 15 is 0 Å². The number of ether oxygens (including phenoxy) is 1. The summed E-state index contributed by atoms with van der Waals surface area (Å²) in [4.78, 5) is 13.6. The van der Waals surface area contributed by atoms with E-state index in [-0.39, 0.29) is 11.5 Å². The van der Waals surface area contributed by atoms with E-state index in [2.05, 4.69) is 0 Å². The van der Waals surface area contributed by atoms with Crippen molar-refractivity contribution in [3.05, 3.63) is 57.5 Å². The second kappa shape index (κ2) is 5.47. The van der Waals surface area contributed by atoms with Crippen molar-refractivity contribution >= 4 is 35.2 Å². The van der Waals surface area contributed by atoms with Crippen molar-refractivity contribution < 1.29 is 14.6 Å². The number of fused-ring (bicyclic) bond motifs is 1. The monoisotopic (exact) mass is 318 g/mol. The van der Waals surface area contributed by atoms with E-state index in [0.717, 1.165) is 5.56 Å². The normalized spacial score (nSPS) is 15.3. The van der Waals surface area contributed by atoms with Gasteiger partial charge in [0.15, 0.2) is 0 Å². The van der Waals surface area contributed by atoms with E-state index in [4.69, 9.17) is 16.3 Å². The molecule has 3 rings (SSSR count). The van der Waals surface area contributed by atoms with Gasteiger partial charge in [-0.1, -0.05) is 35.5 Å². The first-order valence-corrected chi connectivity index (χ1v) is 7.39. The van der Waals surface area contributed by atoms with Gasteiger partial charge in [-0.2, -0.15) is 0 Å². The van der Waals surface area contributed by atoms with Crippen LogP contribution in [0.15, 0.2) is 46.2 Å². The first-order chi connectivity index (χ1) is 10.1. The number of rotatable bonds is 2. The molecule has 2 aromatic carbocycles. The molecule has 0 atom stereocenters. The fourth-order valence-corrected chi connectivity index (χ4v) is 3.33. The standard InChI is InChI=1S/C16H11ClO3S/c1-20-12-7-6-11(18)16-14(12)15(19)13(21-16)8-9-2-4-10(17)5-3-9/h2-8,18H,1H3/b13-8-. The van der Waals surface area contributed by atoms with Gasteiger partial charge in [-0.25, -0.2) is 0 Å². The molecule has 1 aliphatic rings. The summed E-state index contributed by atoms with van der Waals surface area (Å²) in [6.45, 7) is 0. The molecule has 0 fully saturated rings. The third-order valence-electron chi connectivity index (χ3n) is 3.15. The lowest BCUT2D eigenvalue weighted by molar-refractivity contribution is 0.104. The maximum atomic E-state index is 12.5. The van der Waals surface area contributed by atoms with Gasteiger partial charge in [-0.3, -0.25) is 4.79 Å². The van der Waals surface area contributed by atoms with Gasteiger partial charge in [0.05, 0.1) is 22.5 Å². The predicted octanol–water partition coefficient (Wildman–Crippen LogP) is 4.38. The van der Waals surface area contributed by atoms with Crippen LogP contribution in [-0.2, 0) is 0 Å². The second-order valence-electron chi connectivity index (χ2n) is 4.48. The van der Waals surface area contributed by atoms with Crippen molar-refractivity contribution in [3.8, 4) is 11.5 Å². The Labute approximate surface area is 131 Å². The van der Waals surface area contributed by atoms with E-state index in [1.807, 2.05) is 12.1 Å². The summed E-state index contributed by atoms with van der Waals surface area (Å²) in [5.74, 6) is 0.418. The zero-order valence-electron chi connectivity index (χ0n) is 11.1. The van der Waals surface area contributed by atoms with E-state index in [1.54, 1.807) is 24.3 Å².